The number of amides is 1. The largest absolute Gasteiger partial charge is 0.378 e. The highest BCUT2D eigenvalue weighted by Crippen LogP contribution is 2.33. The Morgan fingerprint density at radius 2 is 2.11 bits per heavy atom. The Hall–Kier alpha value is -3.22. The molecule has 1 fully saturated rings. The van der Waals surface area contributed by atoms with Gasteiger partial charge in [-0.2, -0.15) is 4.98 Å². The van der Waals surface area contributed by atoms with E-state index >= 15 is 0 Å². The number of aromatic nitrogens is 3. The molecule has 3 heterocycles. The molecule has 0 spiro atoms. The topological polar surface area (TPSA) is 75.4 Å². The van der Waals surface area contributed by atoms with Gasteiger partial charge >= 0.3 is 0 Å². The van der Waals surface area contributed by atoms with Gasteiger partial charge in [0.2, 0.25) is 11.7 Å². The van der Waals surface area contributed by atoms with E-state index < -0.39 is 0 Å². The molecule has 0 aliphatic carbocycles. The zero-order chi connectivity index (χ0) is 18.8. The number of pyridine rings is 1. The summed E-state index contributed by atoms with van der Waals surface area (Å²) in [5.74, 6) is 0.892. The number of carbonyl (C=O) groups is 1. The Morgan fingerprint density at radius 3 is 2.89 bits per heavy atom. The quantitative estimate of drug-likeness (QED) is 0.709. The summed E-state index contributed by atoms with van der Waals surface area (Å²) in [7, 11) is 3.92. The first-order valence-electron chi connectivity index (χ1n) is 8.97. The van der Waals surface area contributed by atoms with E-state index in [9.17, 15) is 4.79 Å². The molecule has 0 N–H and O–H groups in total. The maximum atomic E-state index is 13.1. The van der Waals surface area contributed by atoms with Crippen molar-refractivity contribution < 1.29 is 9.32 Å². The number of rotatable bonds is 4. The summed E-state index contributed by atoms with van der Waals surface area (Å²) < 4.78 is 5.48. The smallest absolute Gasteiger partial charge is 0.254 e. The van der Waals surface area contributed by atoms with E-state index in [1.54, 1.807) is 6.20 Å². The molecule has 0 radical (unpaired) electrons. The minimum atomic E-state index is -0.203. The zero-order valence-electron chi connectivity index (χ0n) is 15.4. The predicted molar refractivity (Wildman–Crippen MR) is 101 cm³/mol. The fourth-order valence-electron chi connectivity index (χ4n) is 3.32. The van der Waals surface area contributed by atoms with Crippen LogP contribution >= 0.6 is 0 Å². The van der Waals surface area contributed by atoms with Crippen molar-refractivity contribution in [3.63, 3.8) is 0 Å². The van der Waals surface area contributed by atoms with E-state index in [-0.39, 0.29) is 11.9 Å². The molecule has 2 aromatic heterocycles. The average Bonchev–Trinajstić information content (AvgIpc) is 3.37. The van der Waals surface area contributed by atoms with Crippen LogP contribution in [0, 0.1) is 0 Å². The van der Waals surface area contributed by atoms with Crippen LogP contribution in [0.2, 0.25) is 0 Å². The molecule has 7 nitrogen and oxygen atoms in total. The van der Waals surface area contributed by atoms with Crippen LogP contribution in [0.15, 0.2) is 53.2 Å². The van der Waals surface area contributed by atoms with Gasteiger partial charge in [-0.25, -0.2) is 0 Å². The van der Waals surface area contributed by atoms with Gasteiger partial charge in [-0.15, -0.1) is 0 Å². The van der Waals surface area contributed by atoms with Gasteiger partial charge in [0.15, 0.2) is 0 Å². The molecule has 1 aromatic carbocycles. The highest BCUT2D eigenvalue weighted by molar-refractivity contribution is 5.95. The fraction of sp³-hybridized carbons (Fsp3) is 0.300. The Balaban J connectivity index is 1.58. The summed E-state index contributed by atoms with van der Waals surface area (Å²) in [6, 6.07) is 13.0. The van der Waals surface area contributed by atoms with Gasteiger partial charge in [-0.1, -0.05) is 17.3 Å². The van der Waals surface area contributed by atoms with Crippen LogP contribution in [0.1, 0.15) is 35.1 Å². The number of likely N-dealkylation sites (tertiary alicyclic amines) is 1. The number of hydrogen-bond donors (Lipinski definition) is 0. The highest BCUT2D eigenvalue weighted by Gasteiger charge is 2.34. The molecule has 7 heteroatoms. The van der Waals surface area contributed by atoms with Gasteiger partial charge in [-0.05, 0) is 43.2 Å². The highest BCUT2D eigenvalue weighted by atomic mass is 16.5. The van der Waals surface area contributed by atoms with Crippen LogP contribution in [0.5, 0.6) is 0 Å². The second kappa shape index (κ2) is 7.19. The van der Waals surface area contributed by atoms with Gasteiger partial charge in [-0.3, -0.25) is 9.78 Å². The summed E-state index contributed by atoms with van der Waals surface area (Å²) in [4.78, 5) is 25.6. The second-order valence-electron chi connectivity index (χ2n) is 6.77. The number of nitrogens with zero attached hydrogens (tertiary/aromatic N) is 5. The van der Waals surface area contributed by atoms with Gasteiger partial charge in [0.1, 0.15) is 11.7 Å². The van der Waals surface area contributed by atoms with E-state index in [4.69, 9.17) is 4.52 Å². The van der Waals surface area contributed by atoms with Crippen LogP contribution < -0.4 is 4.90 Å². The number of anilines is 1. The number of carbonyl (C=O) groups excluding carboxylic acids is 1. The normalized spacial score (nSPS) is 16.5. The third-order valence-corrected chi connectivity index (χ3v) is 4.74. The van der Waals surface area contributed by atoms with E-state index in [1.165, 1.54) is 0 Å². The van der Waals surface area contributed by atoms with Crippen LogP contribution in [0.4, 0.5) is 5.69 Å². The van der Waals surface area contributed by atoms with Crippen molar-refractivity contribution in [2.24, 2.45) is 0 Å². The Morgan fingerprint density at radius 1 is 1.22 bits per heavy atom. The van der Waals surface area contributed by atoms with Gasteiger partial charge in [0.25, 0.3) is 5.91 Å². The second-order valence-corrected chi connectivity index (χ2v) is 6.77. The molecule has 1 amide bonds. The summed E-state index contributed by atoms with van der Waals surface area (Å²) in [5.41, 5.74) is 2.31. The van der Waals surface area contributed by atoms with Crippen molar-refractivity contribution in [2.75, 3.05) is 25.5 Å². The molecule has 0 saturated carbocycles. The van der Waals surface area contributed by atoms with Crippen molar-refractivity contribution in [1.29, 1.82) is 0 Å². The first-order chi connectivity index (χ1) is 13.1. The molecule has 1 atom stereocenters. The van der Waals surface area contributed by atoms with Crippen LogP contribution in [0.25, 0.3) is 11.5 Å². The molecule has 1 saturated heterocycles. The number of hydrogen-bond acceptors (Lipinski definition) is 6. The predicted octanol–water partition coefficient (Wildman–Crippen LogP) is 3.17. The lowest BCUT2D eigenvalue weighted by Crippen LogP contribution is -2.30. The molecule has 3 aromatic rings. The molecular formula is C20H21N5O2. The minimum absolute atomic E-state index is 0.0150. The fourth-order valence-corrected chi connectivity index (χ4v) is 3.32. The van der Waals surface area contributed by atoms with Crippen molar-refractivity contribution in [3.05, 3.63) is 60.1 Å². The van der Waals surface area contributed by atoms with Crippen molar-refractivity contribution >= 4 is 11.6 Å². The Bertz CT molecular complexity index is 938. The molecular weight excluding hydrogens is 342 g/mol. The van der Waals surface area contributed by atoms with Gasteiger partial charge < -0.3 is 14.3 Å². The van der Waals surface area contributed by atoms with Gasteiger partial charge in [0.05, 0.1) is 0 Å². The van der Waals surface area contributed by atoms with Gasteiger partial charge in [0, 0.05) is 38.1 Å². The minimum Gasteiger partial charge on any atom is -0.378 e. The lowest BCUT2D eigenvalue weighted by atomic mass is 10.1. The Labute approximate surface area is 157 Å². The monoisotopic (exact) mass is 363 g/mol. The van der Waals surface area contributed by atoms with Crippen LogP contribution in [0.3, 0.4) is 0 Å². The van der Waals surface area contributed by atoms with E-state index in [1.807, 2.05) is 66.4 Å². The van der Waals surface area contributed by atoms with Crippen molar-refractivity contribution in [1.82, 2.24) is 20.0 Å². The molecule has 0 unspecified atom stereocenters. The summed E-state index contributed by atoms with van der Waals surface area (Å²) in [6.45, 7) is 0.678. The molecule has 1 aliphatic heterocycles. The Kier molecular flexibility index (Phi) is 4.58. The maximum Gasteiger partial charge on any atom is 0.254 e. The standard InChI is InChI=1S/C20H21N5O2/c1-24(2)15-8-5-7-14(13-15)20(26)25-12-6-10-17(25)19-22-18(23-27-19)16-9-3-4-11-21-16/h3-5,7-9,11,13,17H,6,10,12H2,1-2H3/t17-/m0/s1. The van der Waals surface area contributed by atoms with Crippen LogP contribution in [-0.4, -0.2) is 46.6 Å². The first kappa shape index (κ1) is 17.2. The van der Waals surface area contributed by atoms with E-state index in [0.29, 0.717) is 29.5 Å². The molecule has 27 heavy (non-hydrogen) atoms. The van der Waals surface area contributed by atoms with Crippen molar-refractivity contribution in [3.8, 4) is 11.5 Å². The van der Waals surface area contributed by atoms with E-state index in [0.717, 1.165) is 18.5 Å². The lowest BCUT2D eigenvalue weighted by Gasteiger charge is -2.22. The van der Waals surface area contributed by atoms with E-state index in [2.05, 4.69) is 15.1 Å². The van der Waals surface area contributed by atoms with Crippen LogP contribution in [-0.2, 0) is 0 Å². The SMILES string of the molecule is CN(C)c1cccc(C(=O)N2CCC[C@H]2c2nc(-c3ccccn3)no2)c1. The van der Waals surface area contributed by atoms with Crippen molar-refractivity contribution in [2.45, 2.75) is 18.9 Å². The summed E-state index contributed by atoms with van der Waals surface area (Å²) in [6.07, 6.45) is 3.41. The maximum absolute atomic E-state index is 13.1. The third kappa shape index (κ3) is 3.40. The molecule has 138 valence electrons. The number of benzene rings is 1. The summed E-state index contributed by atoms with van der Waals surface area (Å²) in [5, 5.41) is 4.04. The molecule has 0 bridgehead atoms. The third-order valence-electron chi connectivity index (χ3n) is 4.74. The first-order valence-corrected chi connectivity index (χ1v) is 8.97. The summed E-state index contributed by atoms with van der Waals surface area (Å²) >= 11 is 0. The zero-order valence-corrected chi connectivity index (χ0v) is 15.4. The molecule has 4 rings (SSSR count). The average molecular weight is 363 g/mol. The lowest BCUT2D eigenvalue weighted by molar-refractivity contribution is 0.0710. The molecule has 1 aliphatic rings.